The number of hydrogen-bond donors (Lipinski definition) is 2. The molecule has 20 heavy (non-hydrogen) atoms. The molecule has 0 aromatic heterocycles. The molecule has 0 spiro atoms. The summed E-state index contributed by atoms with van der Waals surface area (Å²) >= 11 is 0. The Morgan fingerprint density at radius 3 is 2.95 bits per heavy atom. The van der Waals surface area contributed by atoms with Crippen molar-refractivity contribution in [1.82, 2.24) is 5.32 Å². The van der Waals surface area contributed by atoms with Crippen molar-refractivity contribution in [2.24, 2.45) is 5.41 Å². The standard InChI is InChI=1S/C16H22N2O2/c1-2-16(8-5-9-16)11-18-15(19)14-10-17-12-6-3-4-7-13(12)20-14/h3-4,6-7,14,17H,2,5,8-11H2,1H3,(H,18,19). The maximum Gasteiger partial charge on any atom is 0.262 e. The first kappa shape index (κ1) is 13.3. The van der Waals surface area contributed by atoms with Crippen LogP contribution in [0, 0.1) is 5.41 Å². The van der Waals surface area contributed by atoms with Crippen molar-refractivity contribution in [1.29, 1.82) is 0 Å². The first-order valence-corrected chi connectivity index (χ1v) is 7.50. The molecule has 0 saturated heterocycles. The second kappa shape index (κ2) is 5.35. The maximum atomic E-state index is 12.2. The third-order valence-electron chi connectivity index (χ3n) is 4.73. The zero-order chi connectivity index (χ0) is 14.0. The van der Waals surface area contributed by atoms with Crippen molar-refractivity contribution >= 4 is 11.6 Å². The number of anilines is 1. The van der Waals surface area contributed by atoms with E-state index in [-0.39, 0.29) is 5.91 Å². The van der Waals surface area contributed by atoms with E-state index in [0.29, 0.717) is 12.0 Å². The molecule has 0 radical (unpaired) electrons. The van der Waals surface area contributed by atoms with Gasteiger partial charge in [-0.3, -0.25) is 4.79 Å². The van der Waals surface area contributed by atoms with Crippen molar-refractivity contribution in [3.63, 3.8) is 0 Å². The van der Waals surface area contributed by atoms with Gasteiger partial charge in [0.25, 0.3) is 5.91 Å². The van der Waals surface area contributed by atoms with Gasteiger partial charge in [0, 0.05) is 6.54 Å². The summed E-state index contributed by atoms with van der Waals surface area (Å²) in [6, 6.07) is 7.73. The molecular weight excluding hydrogens is 252 g/mol. The monoisotopic (exact) mass is 274 g/mol. The van der Waals surface area contributed by atoms with E-state index in [1.807, 2.05) is 24.3 Å². The molecule has 1 aromatic rings. The lowest BCUT2D eigenvalue weighted by atomic mass is 9.67. The van der Waals surface area contributed by atoms with Gasteiger partial charge in [0.1, 0.15) is 5.75 Å². The molecule has 1 fully saturated rings. The smallest absolute Gasteiger partial charge is 0.262 e. The fourth-order valence-corrected chi connectivity index (χ4v) is 2.98. The minimum atomic E-state index is -0.432. The number of carbonyl (C=O) groups excluding carboxylic acids is 1. The molecule has 2 N–H and O–H groups in total. The van der Waals surface area contributed by atoms with Crippen LogP contribution in [0.1, 0.15) is 32.6 Å². The molecule has 1 aliphatic heterocycles. The van der Waals surface area contributed by atoms with Crippen LogP contribution in [-0.2, 0) is 4.79 Å². The van der Waals surface area contributed by atoms with Crippen molar-refractivity contribution in [3.05, 3.63) is 24.3 Å². The van der Waals surface area contributed by atoms with Gasteiger partial charge in [-0.25, -0.2) is 0 Å². The summed E-state index contributed by atoms with van der Waals surface area (Å²) < 4.78 is 5.77. The number of para-hydroxylation sites is 2. The van der Waals surface area contributed by atoms with Crippen LogP contribution in [0.3, 0.4) is 0 Å². The van der Waals surface area contributed by atoms with E-state index < -0.39 is 6.10 Å². The van der Waals surface area contributed by atoms with Gasteiger partial charge in [0.05, 0.1) is 12.2 Å². The highest BCUT2D eigenvalue weighted by Gasteiger charge is 2.36. The number of rotatable bonds is 4. The van der Waals surface area contributed by atoms with Crippen LogP contribution < -0.4 is 15.4 Å². The summed E-state index contributed by atoms with van der Waals surface area (Å²) in [5, 5.41) is 6.32. The SMILES string of the molecule is CCC1(CNC(=O)C2CNc3ccccc3O2)CCC1. The molecule has 1 aliphatic carbocycles. The molecule has 1 unspecified atom stereocenters. The second-order valence-corrected chi connectivity index (χ2v) is 5.91. The van der Waals surface area contributed by atoms with Crippen LogP contribution >= 0.6 is 0 Å². The third kappa shape index (κ3) is 2.47. The Balaban J connectivity index is 1.56. The minimum absolute atomic E-state index is 0.00766. The minimum Gasteiger partial charge on any atom is -0.477 e. The summed E-state index contributed by atoms with van der Waals surface area (Å²) in [4.78, 5) is 12.2. The Labute approximate surface area is 119 Å². The van der Waals surface area contributed by atoms with E-state index in [0.717, 1.165) is 24.4 Å². The summed E-state index contributed by atoms with van der Waals surface area (Å²) in [7, 11) is 0. The Morgan fingerprint density at radius 1 is 1.45 bits per heavy atom. The third-order valence-corrected chi connectivity index (χ3v) is 4.73. The van der Waals surface area contributed by atoms with Crippen molar-refractivity contribution in [2.45, 2.75) is 38.7 Å². The lowest BCUT2D eigenvalue weighted by molar-refractivity contribution is -0.128. The van der Waals surface area contributed by atoms with Crippen molar-refractivity contribution < 1.29 is 9.53 Å². The van der Waals surface area contributed by atoms with Gasteiger partial charge in [0.15, 0.2) is 6.10 Å². The number of amides is 1. The van der Waals surface area contributed by atoms with Gasteiger partial charge >= 0.3 is 0 Å². The topological polar surface area (TPSA) is 50.4 Å². The van der Waals surface area contributed by atoms with E-state index in [1.165, 1.54) is 19.3 Å². The molecule has 1 aromatic carbocycles. The number of nitrogens with one attached hydrogen (secondary N) is 2. The molecule has 1 amide bonds. The molecule has 108 valence electrons. The molecule has 1 atom stereocenters. The van der Waals surface area contributed by atoms with Crippen LogP contribution in [-0.4, -0.2) is 25.1 Å². The Bertz CT molecular complexity index is 491. The first-order valence-electron chi connectivity index (χ1n) is 7.50. The summed E-state index contributed by atoms with van der Waals surface area (Å²) in [6.45, 7) is 3.52. The quantitative estimate of drug-likeness (QED) is 0.887. The fraction of sp³-hybridized carbons (Fsp3) is 0.562. The van der Waals surface area contributed by atoms with Gasteiger partial charge in [-0.2, -0.15) is 0 Å². The first-order chi connectivity index (χ1) is 9.72. The normalized spacial score (nSPS) is 22.8. The number of benzene rings is 1. The second-order valence-electron chi connectivity index (χ2n) is 5.91. The Morgan fingerprint density at radius 2 is 2.25 bits per heavy atom. The van der Waals surface area contributed by atoms with Gasteiger partial charge in [-0.1, -0.05) is 25.5 Å². The number of fused-ring (bicyclic) bond motifs is 1. The van der Waals surface area contributed by atoms with E-state index in [4.69, 9.17) is 4.74 Å². The molecule has 1 heterocycles. The summed E-state index contributed by atoms with van der Waals surface area (Å²) in [5.74, 6) is 0.750. The lowest BCUT2D eigenvalue weighted by Crippen LogP contribution is -2.49. The van der Waals surface area contributed by atoms with Crippen LogP contribution in [0.5, 0.6) is 5.75 Å². The zero-order valence-corrected chi connectivity index (χ0v) is 11.9. The van der Waals surface area contributed by atoms with E-state index >= 15 is 0 Å². The molecule has 0 bridgehead atoms. The van der Waals surface area contributed by atoms with Crippen LogP contribution in [0.15, 0.2) is 24.3 Å². The highest BCUT2D eigenvalue weighted by Crippen LogP contribution is 2.43. The van der Waals surface area contributed by atoms with Crippen molar-refractivity contribution in [3.8, 4) is 5.75 Å². The van der Waals surface area contributed by atoms with Gasteiger partial charge in [-0.05, 0) is 36.8 Å². The molecule has 2 aliphatic rings. The zero-order valence-electron chi connectivity index (χ0n) is 11.9. The predicted octanol–water partition coefficient (Wildman–Crippen LogP) is 2.56. The van der Waals surface area contributed by atoms with Crippen LogP contribution in [0.25, 0.3) is 0 Å². The number of ether oxygens (including phenoxy) is 1. The molecule has 4 heteroatoms. The van der Waals surface area contributed by atoms with E-state index in [9.17, 15) is 4.79 Å². The van der Waals surface area contributed by atoms with Crippen LogP contribution in [0.4, 0.5) is 5.69 Å². The molecule has 4 nitrogen and oxygen atoms in total. The number of hydrogen-bond acceptors (Lipinski definition) is 3. The number of carbonyl (C=O) groups is 1. The Kier molecular flexibility index (Phi) is 3.55. The van der Waals surface area contributed by atoms with Crippen LogP contribution in [0.2, 0.25) is 0 Å². The van der Waals surface area contributed by atoms with E-state index in [1.54, 1.807) is 0 Å². The predicted molar refractivity (Wildman–Crippen MR) is 78.9 cm³/mol. The largest absolute Gasteiger partial charge is 0.477 e. The Hall–Kier alpha value is -1.71. The molecule has 1 saturated carbocycles. The average Bonchev–Trinajstić information content (AvgIpc) is 2.46. The highest BCUT2D eigenvalue weighted by molar-refractivity contribution is 5.83. The molecule has 3 rings (SSSR count). The fourth-order valence-electron chi connectivity index (χ4n) is 2.98. The maximum absolute atomic E-state index is 12.2. The van der Waals surface area contributed by atoms with Gasteiger partial charge < -0.3 is 15.4 Å². The van der Waals surface area contributed by atoms with Crippen molar-refractivity contribution in [2.75, 3.05) is 18.4 Å². The average molecular weight is 274 g/mol. The van der Waals surface area contributed by atoms with Gasteiger partial charge in [-0.15, -0.1) is 0 Å². The highest BCUT2D eigenvalue weighted by atomic mass is 16.5. The van der Waals surface area contributed by atoms with Gasteiger partial charge in [0.2, 0.25) is 0 Å². The summed E-state index contributed by atoms with van der Waals surface area (Å²) in [6.07, 6.45) is 4.46. The lowest BCUT2D eigenvalue weighted by Gasteiger charge is -2.41. The molecular formula is C16H22N2O2. The summed E-state index contributed by atoms with van der Waals surface area (Å²) in [5.41, 5.74) is 1.30. The van der Waals surface area contributed by atoms with E-state index in [2.05, 4.69) is 17.6 Å².